The Morgan fingerprint density at radius 3 is 2.30 bits per heavy atom. The molecular weight excluding hydrogens is 510 g/mol. The number of allylic oxidation sites excluding steroid dienone is 1. The molecule has 1 aromatic heterocycles. The van der Waals surface area contributed by atoms with Gasteiger partial charge in [0.15, 0.2) is 5.78 Å². The Balaban J connectivity index is 0.000000418. The molecule has 222 valence electrons. The van der Waals surface area contributed by atoms with Gasteiger partial charge in [-0.05, 0) is 54.7 Å². The van der Waals surface area contributed by atoms with Crippen LogP contribution in [0.1, 0.15) is 102 Å². The Morgan fingerprint density at radius 2 is 1.77 bits per heavy atom. The van der Waals surface area contributed by atoms with E-state index >= 15 is 0 Å². The van der Waals surface area contributed by atoms with E-state index in [9.17, 15) is 19.5 Å². The second-order valence-corrected chi connectivity index (χ2v) is 11.4. The zero-order valence-corrected chi connectivity index (χ0v) is 25.3. The maximum Gasteiger partial charge on any atom is 0.410 e. The molecule has 0 aliphatic heterocycles. The van der Waals surface area contributed by atoms with Crippen molar-refractivity contribution in [3.63, 3.8) is 0 Å². The number of hydrogen-bond acceptors (Lipinski definition) is 7. The average molecular weight is 558 g/mol. The highest BCUT2D eigenvalue weighted by molar-refractivity contribution is 5.97. The van der Waals surface area contributed by atoms with E-state index in [0.717, 1.165) is 25.2 Å². The molecule has 2 rings (SSSR count). The van der Waals surface area contributed by atoms with Crippen molar-refractivity contribution in [1.82, 2.24) is 5.32 Å². The van der Waals surface area contributed by atoms with Crippen LogP contribution in [0.4, 0.5) is 4.79 Å². The number of aromatic hydroxyl groups is 1. The summed E-state index contributed by atoms with van der Waals surface area (Å²) in [7, 11) is 1.27. The molecule has 2 N–H and O–H groups in total. The van der Waals surface area contributed by atoms with Crippen LogP contribution in [0.2, 0.25) is 0 Å². The molecule has 1 unspecified atom stereocenters. The first-order valence-electron chi connectivity index (χ1n) is 13.9. The van der Waals surface area contributed by atoms with Gasteiger partial charge in [0.2, 0.25) is 0 Å². The number of benzene rings is 1. The number of Topliss-reactive ketones (excluding diaryl/α,β-unsaturated/α-hetero) is 1. The predicted molar refractivity (Wildman–Crippen MR) is 158 cm³/mol. The Bertz CT molecular complexity index is 1140. The highest BCUT2D eigenvalue weighted by atomic mass is 16.5. The molecule has 0 aliphatic carbocycles. The van der Waals surface area contributed by atoms with Gasteiger partial charge in [0, 0.05) is 24.6 Å². The van der Waals surface area contributed by atoms with E-state index in [2.05, 4.69) is 68.9 Å². The number of alkyl carbamates (subject to hydrolysis) is 1. The molecule has 0 aliphatic rings. The number of nitrogens with one attached hydrogen (secondary N) is 1. The number of ether oxygens (including phenoxy) is 2. The minimum Gasteiger partial charge on any atom is -0.507 e. The van der Waals surface area contributed by atoms with E-state index in [4.69, 9.17) is 9.15 Å². The van der Waals surface area contributed by atoms with E-state index in [0.29, 0.717) is 29.9 Å². The third-order valence-corrected chi connectivity index (χ3v) is 5.99. The van der Waals surface area contributed by atoms with Gasteiger partial charge < -0.3 is 19.0 Å². The van der Waals surface area contributed by atoms with Crippen molar-refractivity contribution in [3.05, 3.63) is 69.9 Å². The number of amides is 1. The maximum atomic E-state index is 11.8. The van der Waals surface area contributed by atoms with Crippen molar-refractivity contribution in [2.24, 2.45) is 11.3 Å². The third kappa shape index (κ3) is 13.5. The van der Waals surface area contributed by atoms with Crippen LogP contribution in [-0.4, -0.2) is 30.7 Å². The van der Waals surface area contributed by atoms with Gasteiger partial charge in [-0.25, -0.2) is 9.59 Å². The standard InChI is InChI=1S/C16H21NO6.C16H26O/c1-4-11(18)14-12(19)9-13(23-15(14)20)10(2)7-5-6-8-17-16(21)22-3;1-13(2)12-14-6-8-15(9-7-14)17-11-10-16(3,4)5/h6,8-10,19H,4-5,7H2,1-3H3,(H,17,21);6-9,13H,10-12H2,1-5H3/b8-6+;. The fraction of sp³-hybridized carbons (Fsp3) is 0.531. The number of methoxy groups -OCH3 is 1. The molecule has 1 amide bonds. The molecule has 1 heterocycles. The lowest BCUT2D eigenvalue weighted by atomic mass is 9.93. The summed E-state index contributed by atoms with van der Waals surface area (Å²) in [6.45, 7) is 15.4. The third-order valence-electron chi connectivity index (χ3n) is 5.99. The van der Waals surface area contributed by atoms with Crippen LogP contribution in [0, 0.1) is 11.3 Å². The van der Waals surface area contributed by atoms with Gasteiger partial charge in [0.25, 0.3) is 0 Å². The highest BCUT2D eigenvalue weighted by Gasteiger charge is 2.19. The number of carbonyl (C=O) groups excluding carboxylic acids is 2. The smallest absolute Gasteiger partial charge is 0.410 e. The predicted octanol–water partition coefficient (Wildman–Crippen LogP) is 7.39. The van der Waals surface area contributed by atoms with Crippen LogP contribution in [-0.2, 0) is 11.2 Å². The van der Waals surface area contributed by atoms with Gasteiger partial charge in [0.05, 0.1) is 13.7 Å². The van der Waals surface area contributed by atoms with Gasteiger partial charge >= 0.3 is 11.7 Å². The van der Waals surface area contributed by atoms with E-state index in [1.807, 2.05) is 6.92 Å². The first kappa shape index (κ1) is 34.5. The van der Waals surface area contributed by atoms with Crippen LogP contribution in [0.3, 0.4) is 0 Å². The molecule has 40 heavy (non-hydrogen) atoms. The molecule has 0 fully saturated rings. The summed E-state index contributed by atoms with van der Waals surface area (Å²) in [6, 6.07) is 9.82. The summed E-state index contributed by atoms with van der Waals surface area (Å²) >= 11 is 0. The molecule has 0 spiro atoms. The number of ketones is 1. The normalized spacial score (nSPS) is 12.0. The van der Waals surface area contributed by atoms with E-state index < -0.39 is 17.5 Å². The first-order chi connectivity index (χ1) is 18.8. The van der Waals surface area contributed by atoms with Crippen molar-refractivity contribution < 1.29 is 28.6 Å². The van der Waals surface area contributed by atoms with E-state index in [1.165, 1.54) is 24.9 Å². The summed E-state index contributed by atoms with van der Waals surface area (Å²) in [6.07, 6.45) is 6.24. The van der Waals surface area contributed by atoms with Crippen LogP contribution >= 0.6 is 0 Å². The SMILES string of the molecule is CC(C)Cc1ccc(OCCC(C)(C)C)cc1.CCC(=O)c1c(O)cc(C(C)CC/C=C/NC(=O)OC)oc1=O. The minimum atomic E-state index is -0.818. The minimum absolute atomic E-state index is 0.116. The fourth-order valence-electron chi connectivity index (χ4n) is 3.60. The summed E-state index contributed by atoms with van der Waals surface area (Å²) in [4.78, 5) is 34.2. The van der Waals surface area contributed by atoms with Crippen LogP contribution in [0.15, 0.2) is 51.8 Å². The van der Waals surface area contributed by atoms with Gasteiger partial charge in [0.1, 0.15) is 22.8 Å². The summed E-state index contributed by atoms with van der Waals surface area (Å²) in [5.41, 5.74) is 0.618. The van der Waals surface area contributed by atoms with E-state index in [-0.39, 0.29) is 23.7 Å². The number of rotatable bonds is 12. The molecule has 1 atom stereocenters. The van der Waals surface area contributed by atoms with Crippen LogP contribution in [0.25, 0.3) is 0 Å². The average Bonchev–Trinajstić information content (AvgIpc) is 2.88. The van der Waals surface area contributed by atoms with Crippen molar-refractivity contribution in [3.8, 4) is 11.5 Å². The van der Waals surface area contributed by atoms with E-state index in [1.54, 1.807) is 13.0 Å². The Morgan fingerprint density at radius 1 is 1.12 bits per heavy atom. The molecule has 0 saturated heterocycles. The lowest BCUT2D eigenvalue weighted by Crippen LogP contribution is -2.16. The maximum absolute atomic E-state index is 11.8. The van der Waals surface area contributed by atoms with Crippen molar-refractivity contribution in [2.45, 2.75) is 86.5 Å². The second-order valence-electron chi connectivity index (χ2n) is 11.4. The van der Waals surface area contributed by atoms with Crippen LogP contribution < -0.4 is 15.7 Å². The Labute approximate surface area is 238 Å². The Hall–Kier alpha value is -3.55. The van der Waals surface area contributed by atoms with Gasteiger partial charge in [-0.3, -0.25) is 10.1 Å². The quantitative estimate of drug-likeness (QED) is 0.261. The summed E-state index contributed by atoms with van der Waals surface area (Å²) < 4.78 is 15.3. The molecule has 8 heteroatoms. The lowest BCUT2D eigenvalue weighted by molar-refractivity contribution is 0.0980. The zero-order valence-electron chi connectivity index (χ0n) is 25.3. The number of hydrogen-bond donors (Lipinski definition) is 2. The zero-order chi connectivity index (χ0) is 30.3. The molecule has 0 bridgehead atoms. The molecule has 0 radical (unpaired) electrons. The molecular formula is C32H47NO7. The van der Waals surface area contributed by atoms with Crippen molar-refractivity contribution >= 4 is 11.9 Å². The topological polar surface area (TPSA) is 115 Å². The molecule has 1 aromatic carbocycles. The second kappa shape index (κ2) is 17.2. The monoisotopic (exact) mass is 557 g/mol. The van der Waals surface area contributed by atoms with Crippen LogP contribution in [0.5, 0.6) is 11.5 Å². The molecule has 0 saturated carbocycles. The van der Waals surface area contributed by atoms with Gasteiger partial charge in [-0.2, -0.15) is 0 Å². The fourth-order valence-corrected chi connectivity index (χ4v) is 3.60. The summed E-state index contributed by atoms with van der Waals surface area (Å²) in [5.74, 6) is 1.08. The van der Waals surface area contributed by atoms with Gasteiger partial charge in [-0.15, -0.1) is 0 Å². The van der Waals surface area contributed by atoms with Crippen molar-refractivity contribution in [2.75, 3.05) is 13.7 Å². The Kier molecular flexibility index (Phi) is 14.8. The molecule has 2 aromatic rings. The number of carbonyl (C=O) groups is 2. The first-order valence-corrected chi connectivity index (χ1v) is 13.9. The molecule has 8 nitrogen and oxygen atoms in total. The highest BCUT2D eigenvalue weighted by Crippen LogP contribution is 2.25. The lowest BCUT2D eigenvalue weighted by Gasteiger charge is -2.18. The summed E-state index contributed by atoms with van der Waals surface area (Å²) in [5, 5.41) is 12.3. The van der Waals surface area contributed by atoms with Gasteiger partial charge in [-0.1, -0.05) is 66.7 Å². The largest absolute Gasteiger partial charge is 0.507 e. The van der Waals surface area contributed by atoms with Crippen molar-refractivity contribution in [1.29, 1.82) is 0 Å².